The van der Waals surface area contributed by atoms with Crippen LogP contribution in [0.5, 0.6) is 0 Å². The van der Waals surface area contributed by atoms with Gasteiger partial charge in [0.1, 0.15) is 5.82 Å². The molecular weight excluding hydrogens is 274 g/mol. The quantitative estimate of drug-likeness (QED) is 0.836. The number of imidazole rings is 1. The number of rotatable bonds is 5. The molecule has 3 rings (SSSR count). The van der Waals surface area contributed by atoms with Crippen molar-refractivity contribution in [3.63, 3.8) is 0 Å². The molecule has 2 fully saturated rings. The van der Waals surface area contributed by atoms with E-state index in [4.69, 9.17) is 0 Å². The van der Waals surface area contributed by atoms with Gasteiger partial charge in [0.05, 0.1) is 0 Å². The third-order valence-electron chi connectivity index (χ3n) is 5.22. The van der Waals surface area contributed by atoms with Crippen LogP contribution in [0.15, 0.2) is 6.20 Å². The van der Waals surface area contributed by atoms with Crippen LogP contribution in [0.1, 0.15) is 63.4 Å². The summed E-state index contributed by atoms with van der Waals surface area (Å²) < 4.78 is 2.42. The maximum Gasteiger partial charge on any atom is 0.222 e. The first-order chi connectivity index (χ1) is 10.5. The summed E-state index contributed by atoms with van der Waals surface area (Å²) >= 11 is 0. The Hall–Kier alpha value is -1.32. The first kappa shape index (κ1) is 15.6. The molecule has 0 N–H and O–H groups in total. The Morgan fingerprint density at radius 3 is 2.77 bits per heavy atom. The lowest BCUT2D eigenvalue weighted by Crippen LogP contribution is -2.30. The molecular formula is C18H29N3O. The van der Waals surface area contributed by atoms with Crippen LogP contribution in [-0.4, -0.2) is 33.4 Å². The monoisotopic (exact) mass is 303 g/mol. The van der Waals surface area contributed by atoms with Gasteiger partial charge in [-0.05, 0) is 38.0 Å². The number of likely N-dealkylation sites (tertiary alicyclic amines) is 1. The zero-order chi connectivity index (χ0) is 15.7. The van der Waals surface area contributed by atoms with Crippen LogP contribution in [0.3, 0.4) is 0 Å². The Morgan fingerprint density at radius 1 is 1.36 bits per heavy atom. The first-order valence-corrected chi connectivity index (χ1v) is 8.84. The standard InChI is InChI=1S/C18H29N3O/c1-13(2)9-17(22)20-8-7-15(11-20)12-21-14(3)10-19-18(21)16-5-4-6-16/h10,13,15-16H,4-9,11-12H2,1-3H3. The van der Waals surface area contributed by atoms with Crippen molar-refractivity contribution in [1.29, 1.82) is 0 Å². The second kappa shape index (κ2) is 6.43. The highest BCUT2D eigenvalue weighted by molar-refractivity contribution is 5.76. The van der Waals surface area contributed by atoms with Crippen LogP contribution in [-0.2, 0) is 11.3 Å². The number of hydrogen-bond donors (Lipinski definition) is 0. The summed E-state index contributed by atoms with van der Waals surface area (Å²) in [6, 6.07) is 0. The molecule has 0 spiro atoms. The van der Waals surface area contributed by atoms with Gasteiger partial charge in [-0.3, -0.25) is 4.79 Å². The second-order valence-corrected chi connectivity index (χ2v) is 7.59. The number of aromatic nitrogens is 2. The summed E-state index contributed by atoms with van der Waals surface area (Å²) in [6.07, 6.45) is 7.76. The van der Waals surface area contributed by atoms with E-state index in [0.29, 0.717) is 30.1 Å². The largest absolute Gasteiger partial charge is 0.342 e. The molecule has 0 aromatic carbocycles. The van der Waals surface area contributed by atoms with Crippen LogP contribution in [0.4, 0.5) is 0 Å². The van der Waals surface area contributed by atoms with Gasteiger partial charge in [-0.2, -0.15) is 0 Å². The Morgan fingerprint density at radius 2 is 2.14 bits per heavy atom. The molecule has 122 valence electrons. The smallest absolute Gasteiger partial charge is 0.222 e. The van der Waals surface area contributed by atoms with E-state index in [1.54, 1.807) is 0 Å². The van der Waals surface area contributed by atoms with Crippen molar-refractivity contribution in [3.8, 4) is 0 Å². The molecule has 1 unspecified atom stereocenters. The summed E-state index contributed by atoms with van der Waals surface area (Å²) in [5, 5.41) is 0. The molecule has 1 saturated heterocycles. The topological polar surface area (TPSA) is 38.1 Å². The molecule has 0 bridgehead atoms. The highest BCUT2D eigenvalue weighted by Crippen LogP contribution is 2.36. The Bertz CT molecular complexity index is 530. The Labute approximate surface area is 133 Å². The molecule has 1 aromatic rings. The molecule has 1 aliphatic carbocycles. The van der Waals surface area contributed by atoms with Crippen molar-refractivity contribution in [2.24, 2.45) is 11.8 Å². The Kier molecular flexibility index (Phi) is 4.55. The maximum absolute atomic E-state index is 12.2. The van der Waals surface area contributed by atoms with Crippen molar-refractivity contribution < 1.29 is 4.79 Å². The van der Waals surface area contributed by atoms with Gasteiger partial charge in [-0.25, -0.2) is 4.98 Å². The minimum Gasteiger partial charge on any atom is -0.342 e. The molecule has 1 aliphatic heterocycles. The van der Waals surface area contributed by atoms with Gasteiger partial charge >= 0.3 is 0 Å². The fraction of sp³-hybridized carbons (Fsp3) is 0.778. The average molecular weight is 303 g/mol. The SMILES string of the molecule is Cc1cnc(C2CCC2)n1CC1CCN(C(=O)CC(C)C)C1. The number of amides is 1. The van der Waals surface area contributed by atoms with Crippen LogP contribution >= 0.6 is 0 Å². The number of carbonyl (C=O) groups excluding carboxylic acids is 1. The number of hydrogen-bond acceptors (Lipinski definition) is 2. The van der Waals surface area contributed by atoms with Gasteiger partial charge in [0.25, 0.3) is 0 Å². The first-order valence-electron chi connectivity index (χ1n) is 8.84. The average Bonchev–Trinajstić information content (AvgIpc) is 2.98. The third kappa shape index (κ3) is 3.21. The number of aryl methyl sites for hydroxylation is 1. The molecule has 4 nitrogen and oxygen atoms in total. The normalized spacial score (nSPS) is 22.4. The van der Waals surface area contributed by atoms with E-state index in [0.717, 1.165) is 26.1 Å². The van der Waals surface area contributed by atoms with Crippen molar-refractivity contribution in [2.75, 3.05) is 13.1 Å². The van der Waals surface area contributed by atoms with Crippen molar-refractivity contribution in [2.45, 2.75) is 65.3 Å². The third-order valence-corrected chi connectivity index (χ3v) is 5.22. The minimum absolute atomic E-state index is 0.332. The van der Waals surface area contributed by atoms with Crippen LogP contribution < -0.4 is 0 Å². The van der Waals surface area contributed by atoms with Crippen molar-refractivity contribution >= 4 is 5.91 Å². The molecule has 22 heavy (non-hydrogen) atoms. The van der Waals surface area contributed by atoms with Crippen LogP contribution in [0.2, 0.25) is 0 Å². The van der Waals surface area contributed by atoms with E-state index in [-0.39, 0.29) is 0 Å². The summed E-state index contributed by atoms with van der Waals surface area (Å²) in [5.74, 6) is 3.33. The van der Waals surface area contributed by atoms with E-state index >= 15 is 0 Å². The van der Waals surface area contributed by atoms with E-state index in [1.165, 1.54) is 30.8 Å². The molecule has 1 aromatic heterocycles. The fourth-order valence-electron chi connectivity index (χ4n) is 3.65. The fourth-order valence-corrected chi connectivity index (χ4v) is 3.65. The summed E-state index contributed by atoms with van der Waals surface area (Å²) in [4.78, 5) is 18.9. The molecule has 0 radical (unpaired) electrons. The lowest BCUT2D eigenvalue weighted by atomic mass is 9.84. The number of nitrogens with zero attached hydrogens (tertiary/aromatic N) is 3. The van der Waals surface area contributed by atoms with Gasteiger partial charge in [-0.15, -0.1) is 0 Å². The predicted molar refractivity (Wildman–Crippen MR) is 87.7 cm³/mol. The van der Waals surface area contributed by atoms with E-state index in [1.807, 2.05) is 6.20 Å². The van der Waals surface area contributed by atoms with E-state index in [9.17, 15) is 4.79 Å². The molecule has 1 amide bonds. The molecule has 1 saturated carbocycles. The zero-order valence-electron chi connectivity index (χ0n) is 14.2. The van der Waals surface area contributed by atoms with E-state index in [2.05, 4.69) is 35.2 Å². The van der Waals surface area contributed by atoms with Crippen molar-refractivity contribution in [1.82, 2.24) is 14.5 Å². The minimum atomic E-state index is 0.332. The number of carbonyl (C=O) groups is 1. The van der Waals surface area contributed by atoms with Crippen molar-refractivity contribution in [3.05, 3.63) is 17.7 Å². The molecule has 2 aliphatic rings. The van der Waals surface area contributed by atoms with Gasteiger partial charge in [-0.1, -0.05) is 20.3 Å². The zero-order valence-corrected chi connectivity index (χ0v) is 14.2. The lowest BCUT2D eigenvalue weighted by Gasteiger charge is -2.27. The summed E-state index contributed by atoms with van der Waals surface area (Å²) in [6.45, 7) is 9.28. The lowest BCUT2D eigenvalue weighted by molar-refractivity contribution is -0.131. The highest BCUT2D eigenvalue weighted by atomic mass is 16.2. The molecule has 1 atom stereocenters. The summed E-state index contributed by atoms with van der Waals surface area (Å²) in [7, 11) is 0. The van der Waals surface area contributed by atoms with Crippen LogP contribution in [0, 0.1) is 18.8 Å². The highest BCUT2D eigenvalue weighted by Gasteiger charge is 2.29. The Balaban J connectivity index is 1.60. The van der Waals surface area contributed by atoms with E-state index < -0.39 is 0 Å². The van der Waals surface area contributed by atoms with Gasteiger partial charge in [0.15, 0.2) is 0 Å². The molecule has 4 heteroatoms. The summed E-state index contributed by atoms with van der Waals surface area (Å²) in [5.41, 5.74) is 1.27. The molecule has 2 heterocycles. The van der Waals surface area contributed by atoms with Gasteiger partial charge < -0.3 is 9.47 Å². The van der Waals surface area contributed by atoms with Gasteiger partial charge in [0.2, 0.25) is 5.91 Å². The second-order valence-electron chi connectivity index (χ2n) is 7.59. The maximum atomic E-state index is 12.2. The van der Waals surface area contributed by atoms with Gasteiger partial charge in [0, 0.05) is 43.9 Å². The van der Waals surface area contributed by atoms with Crippen LogP contribution in [0.25, 0.3) is 0 Å². The predicted octanol–water partition coefficient (Wildman–Crippen LogP) is 3.35.